The molecule has 0 radical (unpaired) electrons. The minimum Gasteiger partial charge on any atom is -0.508 e. The first kappa shape index (κ1) is 21.1. The molecule has 4 aromatic rings. The van der Waals surface area contributed by atoms with Crippen LogP contribution < -0.4 is 0 Å². The zero-order valence-corrected chi connectivity index (χ0v) is 19.5. The van der Waals surface area contributed by atoms with Crippen molar-refractivity contribution in [2.45, 2.75) is 59.3 Å². The molecule has 4 heteroatoms. The molecule has 0 bridgehead atoms. The molecule has 1 N–H and O–H groups in total. The maximum absolute atomic E-state index is 9.86. The van der Waals surface area contributed by atoms with Gasteiger partial charge >= 0.3 is 0 Å². The Kier molecular flexibility index (Phi) is 4.92. The Morgan fingerprint density at radius 1 is 0.774 bits per heavy atom. The number of phenols is 1. The number of rotatable bonds is 2. The molecule has 160 valence electrons. The van der Waals surface area contributed by atoms with Crippen molar-refractivity contribution >= 4 is 5.65 Å². The van der Waals surface area contributed by atoms with Gasteiger partial charge in [0.05, 0.1) is 17.0 Å². The van der Waals surface area contributed by atoms with Crippen molar-refractivity contribution in [3.63, 3.8) is 0 Å². The fraction of sp³-hybridized carbons (Fsp3) is 0.333. The van der Waals surface area contributed by atoms with Crippen LogP contribution in [0.1, 0.15) is 58.5 Å². The third-order valence-corrected chi connectivity index (χ3v) is 5.62. The fourth-order valence-corrected chi connectivity index (χ4v) is 4.43. The molecule has 31 heavy (non-hydrogen) atoms. The van der Waals surface area contributed by atoms with Crippen molar-refractivity contribution in [2.75, 3.05) is 0 Å². The average molecular weight is 414 g/mol. The van der Waals surface area contributed by atoms with E-state index in [1.54, 1.807) is 12.1 Å². The first-order valence-electron chi connectivity index (χ1n) is 10.8. The lowest BCUT2D eigenvalue weighted by molar-refractivity contribution is 0.475. The van der Waals surface area contributed by atoms with Crippen LogP contribution in [0.3, 0.4) is 0 Å². The highest BCUT2D eigenvalue weighted by Gasteiger charge is 2.31. The number of benzene rings is 2. The van der Waals surface area contributed by atoms with Gasteiger partial charge in [-0.25, -0.2) is 9.50 Å². The fourth-order valence-electron chi connectivity index (χ4n) is 4.43. The van der Waals surface area contributed by atoms with Gasteiger partial charge in [-0.1, -0.05) is 84.0 Å². The van der Waals surface area contributed by atoms with E-state index in [2.05, 4.69) is 60.6 Å². The van der Waals surface area contributed by atoms with Crippen molar-refractivity contribution in [2.24, 2.45) is 0 Å². The summed E-state index contributed by atoms with van der Waals surface area (Å²) >= 11 is 0. The van der Waals surface area contributed by atoms with Gasteiger partial charge in [0.1, 0.15) is 11.4 Å². The number of hydrogen-bond donors (Lipinski definition) is 1. The Hall–Kier alpha value is -3.14. The summed E-state index contributed by atoms with van der Waals surface area (Å²) in [6, 6.07) is 17.6. The van der Waals surface area contributed by atoms with Gasteiger partial charge in [0.15, 0.2) is 5.65 Å². The van der Waals surface area contributed by atoms with Crippen molar-refractivity contribution in [3.8, 4) is 28.1 Å². The monoisotopic (exact) mass is 413 g/mol. The molecular formula is C27H31N3O. The summed E-state index contributed by atoms with van der Waals surface area (Å²) in [5.74, 6) is 0.246. The highest BCUT2D eigenvalue weighted by molar-refractivity contribution is 5.91. The normalized spacial score (nSPS) is 12.5. The van der Waals surface area contributed by atoms with E-state index in [9.17, 15) is 5.11 Å². The zero-order chi connectivity index (χ0) is 22.6. The molecule has 0 aliphatic carbocycles. The van der Waals surface area contributed by atoms with E-state index >= 15 is 0 Å². The van der Waals surface area contributed by atoms with Crippen LogP contribution in [-0.4, -0.2) is 19.7 Å². The van der Waals surface area contributed by atoms with E-state index < -0.39 is 0 Å². The Morgan fingerprint density at radius 3 is 1.94 bits per heavy atom. The third kappa shape index (κ3) is 3.71. The summed E-state index contributed by atoms with van der Waals surface area (Å²) in [7, 11) is 0. The van der Waals surface area contributed by atoms with Crippen LogP contribution in [0, 0.1) is 6.92 Å². The summed E-state index contributed by atoms with van der Waals surface area (Å²) in [6.45, 7) is 15.5. The molecule has 2 aromatic heterocycles. The molecule has 0 amide bonds. The molecular weight excluding hydrogens is 382 g/mol. The summed E-state index contributed by atoms with van der Waals surface area (Å²) in [6.07, 6.45) is 0. The smallest absolute Gasteiger partial charge is 0.164 e. The van der Waals surface area contributed by atoms with E-state index in [0.29, 0.717) is 0 Å². The Morgan fingerprint density at radius 2 is 1.39 bits per heavy atom. The van der Waals surface area contributed by atoms with Crippen LogP contribution in [0.15, 0.2) is 54.6 Å². The Labute approximate surface area is 184 Å². The molecule has 0 aliphatic rings. The molecule has 0 unspecified atom stereocenters. The summed E-state index contributed by atoms with van der Waals surface area (Å²) in [4.78, 5) is 5.20. The first-order valence-corrected chi connectivity index (χ1v) is 10.8. The minimum atomic E-state index is -0.114. The molecule has 0 spiro atoms. The minimum absolute atomic E-state index is 0.102. The molecule has 0 atom stereocenters. The van der Waals surface area contributed by atoms with Crippen LogP contribution in [0.2, 0.25) is 0 Å². The van der Waals surface area contributed by atoms with Gasteiger partial charge < -0.3 is 5.11 Å². The van der Waals surface area contributed by atoms with Crippen molar-refractivity contribution in [3.05, 3.63) is 71.5 Å². The second-order valence-corrected chi connectivity index (χ2v) is 10.3. The quantitative estimate of drug-likeness (QED) is 0.399. The lowest BCUT2D eigenvalue weighted by Gasteiger charge is -2.28. The van der Waals surface area contributed by atoms with Gasteiger partial charge in [-0.3, -0.25) is 0 Å². The van der Waals surface area contributed by atoms with E-state index in [1.165, 1.54) is 11.3 Å². The summed E-state index contributed by atoms with van der Waals surface area (Å²) in [5.41, 5.74) is 8.00. The maximum atomic E-state index is 9.86. The largest absolute Gasteiger partial charge is 0.508 e. The maximum Gasteiger partial charge on any atom is 0.164 e. The van der Waals surface area contributed by atoms with Gasteiger partial charge in [-0.05, 0) is 30.2 Å². The summed E-state index contributed by atoms with van der Waals surface area (Å²) < 4.78 is 2.04. The van der Waals surface area contributed by atoms with Crippen LogP contribution in [0.4, 0.5) is 0 Å². The Balaban J connectivity index is 2.20. The first-order chi connectivity index (χ1) is 14.5. The highest BCUT2D eigenvalue weighted by Crippen LogP contribution is 2.40. The molecule has 2 heterocycles. The predicted octanol–water partition coefficient (Wildman–Crippen LogP) is 6.67. The molecule has 0 saturated heterocycles. The molecule has 2 aromatic carbocycles. The number of fused-ring (bicyclic) bond motifs is 1. The van der Waals surface area contributed by atoms with Crippen molar-refractivity contribution in [1.82, 2.24) is 14.6 Å². The van der Waals surface area contributed by atoms with Crippen LogP contribution in [0.25, 0.3) is 28.0 Å². The summed E-state index contributed by atoms with van der Waals surface area (Å²) in [5, 5.41) is 15.0. The van der Waals surface area contributed by atoms with Crippen LogP contribution in [-0.2, 0) is 10.8 Å². The van der Waals surface area contributed by atoms with Gasteiger partial charge in [0.2, 0.25) is 0 Å². The van der Waals surface area contributed by atoms with E-state index in [-0.39, 0.29) is 16.6 Å². The SMILES string of the molecule is Cc1c(C(C)(C)C)nc2c(-c3ccc(O)cc3)c(-c3ccccc3)nn2c1C(C)(C)C. The number of nitrogens with zero attached hydrogens (tertiary/aromatic N) is 3. The molecule has 0 saturated carbocycles. The van der Waals surface area contributed by atoms with Gasteiger partial charge in [0, 0.05) is 16.4 Å². The molecule has 0 fully saturated rings. The number of phenolic OH excluding ortho intramolecular Hbond substituents is 1. The topological polar surface area (TPSA) is 50.4 Å². The lowest BCUT2D eigenvalue weighted by atomic mass is 9.82. The lowest BCUT2D eigenvalue weighted by Crippen LogP contribution is -2.25. The van der Waals surface area contributed by atoms with Crippen molar-refractivity contribution < 1.29 is 5.11 Å². The zero-order valence-electron chi connectivity index (χ0n) is 19.5. The second-order valence-electron chi connectivity index (χ2n) is 10.3. The van der Waals surface area contributed by atoms with E-state index in [4.69, 9.17) is 10.1 Å². The second kappa shape index (κ2) is 7.23. The molecule has 0 aliphatic heterocycles. The van der Waals surface area contributed by atoms with Crippen LogP contribution >= 0.6 is 0 Å². The van der Waals surface area contributed by atoms with Gasteiger partial charge in [-0.15, -0.1) is 0 Å². The molecule has 4 rings (SSSR count). The van der Waals surface area contributed by atoms with Gasteiger partial charge in [-0.2, -0.15) is 5.10 Å². The van der Waals surface area contributed by atoms with Crippen LogP contribution in [0.5, 0.6) is 5.75 Å². The third-order valence-electron chi connectivity index (χ3n) is 5.62. The number of hydrogen-bond acceptors (Lipinski definition) is 3. The average Bonchev–Trinajstić information content (AvgIpc) is 3.05. The van der Waals surface area contributed by atoms with Gasteiger partial charge in [0.25, 0.3) is 0 Å². The van der Waals surface area contributed by atoms with E-state index in [1.807, 2.05) is 34.8 Å². The molecule has 4 nitrogen and oxygen atoms in total. The predicted molar refractivity (Wildman–Crippen MR) is 128 cm³/mol. The standard InChI is InChI=1S/C27H31N3O/c1-17-23(26(2,3)4)28-25-21(18-13-15-20(31)16-14-18)22(19-11-9-8-10-12-19)29-30(25)24(17)27(5,6)7/h8-16,31H,1-7H3. The highest BCUT2D eigenvalue weighted by atomic mass is 16.3. The van der Waals surface area contributed by atoms with E-state index in [0.717, 1.165) is 33.7 Å². The number of aromatic nitrogens is 3. The number of aromatic hydroxyl groups is 1. The van der Waals surface area contributed by atoms with Crippen molar-refractivity contribution in [1.29, 1.82) is 0 Å². The Bertz CT molecular complexity index is 1240.